The Morgan fingerprint density at radius 2 is 1.54 bits per heavy atom. The van der Waals surface area contributed by atoms with Crippen molar-refractivity contribution in [3.63, 3.8) is 0 Å². The van der Waals surface area contributed by atoms with E-state index in [-0.39, 0.29) is 25.4 Å². The molecule has 1 atom stereocenters. The van der Waals surface area contributed by atoms with Crippen molar-refractivity contribution in [3.8, 4) is 22.6 Å². The summed E-state index contributed by atoms with van der Waals surface area (Å²) in [6.45, 7) is 0.430. The fraction of sp³-hybridized carbons (Fsp3) is 0.323. The smallest absolute Gasteiger partial charge is 0.407 e. The number of hydroxylamine groups is 1. The maximum Gasteiger partial charge on any atom is 0.407 e. The molecule has 0 heterocycles. The predicted molar refractivity (Wildman–Crippen MR) is 151 cm³/mol. The van der Waals surface area contributed by atoms with Crippen LogP contribution in [0.2, 0.25) is 0 Å². The van der Waals surface area contributed by atoms with Crippen LogP contribution in [0.5, 0.6) is 11.5 Å². The summed E-state index contributed by atoms with van der Waals surface area (Å²) in [7, 11) is 3.05. The number of unbranched alkanes of at least 4 members (excludes halogenated alkanes) is 1. The van der Waals surface area contributed by atoms with E-state index < -0.39 is 24.1 Å². The van der Waals surface area contributed by atoms with Crippen LogP contribution in [0.1, 0.15) is 41.9 Å². The molecule has 0 saturated heterocycles. The van der Waals surface area contributed by atoms with Gasteiger partial charge in [-0.15, -0.1) is 0 Å². The molecule has 41 heavy (non-hydrogen) atoms. The van der Waals surface area contributed by atoms with Gasteiger partial charge in [0.15, 0.2) is 11.5 Å². The van der Waals surface area contributed by atoms with E-state index in [2.05, 4.69) is 10.8 Å². The summed E-state index contributed by atoms with van der Waals surface area (Å²) in [5.41, 5.74) is 7.69. The average molecular weight is 563 g/mol. The zero-order valence-electron chi connectivity index (χ0n) is 23.1. The van der Waals surface area contributed by atoms with E-state index in [1.54, 1.807) is 18.2 Å². The first-order valence-electron chi connectivity index (χ1n) is 13.4. The molecule has 216 valence electrons. The maximum atomic E-state index is 12.5. The van der Waals surface area contributed by atoms with Crippen LogP contribution in [0.25, 0.3) is 11.1 Å². The molecule has 0 radical (unpaired) electrons. The third-order valence-electron chi connectivity index (χ3n) is 6.94. The zero-order valence-corrected chi connectivity index (χ0v) is 23.1. The number of hydrogen-bond acceptors (Lipinski definition) is 8. The van der Waals surface area contributed by atoms with Gasteiger partial charge in [0.2, 0.25) is 0 Å². The molecule has 3 N–H and O–H groups in total. The molecule has 0 saturated carbocycles. The number of hydrogen-bond donors (Lipinski definition) is 3. The van der Waals surface area contributed by atoms with E-state index in [1.807, 2.05) is 48.5 Å². The van der Waals surface area contributed by atoms with E-state index in [4.69, 9.17) is 19.0 Å². The van der Waals surface area contributed by atoms with Crippen LogP contribution in [0, 0.1) is 0 Å². The lowest BCUT2D eigenvalue weighted by Crippen LogP contribution is -2.41. The highest BCUT2D eigenvalue weighted by Gasteiger charge is 2.29. The number of nitrogens with one attached hydrogen (secondary N) is 2. The van der Waals surface area contributed by atoms with Crippen molar-refractivity contribution < 1.29 is 38.5 Å². The van der Waals surface area contributed by atoms with E-state index in [0.717, 1.165) is 22.3 Å². The number of carbonyl (C=O) groups is 3. The van der Waals surface area contributed by atoms with Crippen LogP contribution < -0.4 is 20.3 Å². The van der Waals surface area contributed by atoms with Gasteiger partial charge in [-0.3, -0.25) is 4.79 Å². The molecular formula is C31H34N2O8. The number of ether oxygens (including phenoxy) is 3. The molecule has 0 unspecified atom stereocenters. The number of carbonyl (C=O) groups excluding carboxylic acids is 2. The maximum absolute atomic E-state index is 12.5. The molecule has 1 aliphatic carbocycles. The Hall–Kier alpha value is -4.57. The number of amides is 1. The molecule has 0 fully saturated rings. The number of benzene rings is 3. The molecule has 0 aliphatic heterocycles. The second kappa shape index (κ2) is 14.2. The molecule has 3 aromatic rings. The predicted octanol–water partition coefficient (Wildman–Crippen LogP) is 4.46. The summed E-state index contributed by atoms with van der Waals surface area (Å²) in [6, 6.07) is 20.0. The van der Waals surface area contributed by atoms with Gasteiger partial charge in [0.05, 0.1) is 20.6 Å². The van der Waals surface area contributed by atoms with Gasteiger partial charge in [-0.05, 0) is 59.2 Å². The van der Waals surface area contributed by atoms with Crippen molar-refractivity contribution in [1.82, 2.24) is 10.8 Å². The molecule has 0 spiro atoms. The molecule has 1 aliphatic rings. The monoisotopic (exact) mass is 562 g/mol. The van der Waals surface area contributed by atoms with Crippen LogP contribution in [0.3, 0.4) is 0 Å². The van der Waals surface area contributed by atoms with Crippen molar-refractivity contribution >= 4 is 18.0 Å². The Bertz CT molecular complexity index is 1330. The lowest BCUT2D eigenvalue weighted by molar-refractivity contribution is -0.150. The Morgan fingerprint density at radius 1 is 0.878 bits per heavy atom. The van der Waals surface area contributed by atoms with Gasteiger partial charge in [-0.2, -0.15) is 5.48 Å². The van der Waals surface area contributed by atoms with Gasteiger partial charge in [-0.25, -0.2) is 9.59 Å². The van der Waals surface area contributed by atoms with Crippen molar-refractivity contribution in [2.75, 3.05) is 27.4 Å². The first-order chi connectivity index (χ1) is 19.9. The van der Waals surface area contributed by atoms with Gasteiger partial charge >= 0.3 is 18.0 Å². The summed E-state index contributed by atoms with van der Waals surface area (Å²) >= 11 is 0. The fourth-order valence-corrected chi connectivity index (χ4v) is 4.91. The standard InChI is InChI=1S/C31H34N2O8/c1-38-27-15-14-20(17-28(27)39-2)18-29(34)41-32-16-8-7-13-26(30(35)36)33-31(37)40-19-25-23-11-5-3-9-21(23)22-10-4-6-12-24(22)25/h3-6,9-12,14-15,17,25-26,32H,7-8,13,16,18-19H2,1-2H3,(H,33,37)(H,35,36)/t26-/m0/s1. The van der Waals surface area contributed by atoms with Crippen LogP contribution in [0.15, 0.2) is 66.7 Å². The SMILES string of the molecule is COc1ccc(CC(=O)ONCCCC[C@H](NC(=O)OCC2c3ccccc3-c3ccccc32)C(=O)O)cc1OC. The summed E-state index contributed by atoms with van der Waals surface area (Å²) in [4.78, 5) is 41.4. The molecule has 10 nitrogen and oxygen atoms in total. The third kappa shape index (κ3) is 7.55. The molecule has 10 heteroatoms. The number of rotatable bonds is 14. The minimum Gasteiger partial charge on any atom is -0.493 e. The fourth-order valence-electron chi connectivity index (χ4n) is 4.91. The minimum absolute atomic E-state index is 0.0402. The summed E-state index contributed by atoms with van der Waals surface area (Å²) in [6.07, 6.45) is 0.460. The quantitative estimate of drug-likeness (QED) is 0.192. The highest BCUT2D eigenvalue weighted by molar-refractivity contribution is 5.81. The highest BCUT2D eigenvalue weighted by atomic mass is 16.7. The zero-order chi connectivity index (χ0) is 29.2. The van der Waals surface area contributed by atoms with Crippen LogP contribution in [-0.2, 0) is 25.6 Å². The second-order valence-electron chi connectivity index (χ2n) is 9.59. The highest BCUT2D eigenvalue weighted by Crippen LogP contribution is 2.44. The van der Waals surface area contributed by atoms with Crippen LogP contribution in [-0.4, -0.2) is 56.6 Å². The van der Waals surface area contributed by atoms with Gasteiger partial charge in [0, 0.05) is 12.5 Å². The van der Waals surface area contributed by atoms with Crippen LogP contribution >= 0.6 is 0 Å². The topological polar surface area (TPSA) is 132 Å². The third-order valence-corrected chi connectivity index (χ3v) is 6.94. The van der Waals surface area contributed by atoms with Crippen molar-refractivity contribution in [1.29, 1.82) is 0 Å². The van der Waals surface area contributed by atoms with Crippen molar-refractivity contribution in [2.24, 2.45) is 0 Å². The van der Waals surface area contributed by atoms with Gasteiger partial charge < -0.3 is 29.5 Å². The number of fused-ring (bicyclic) bond motifs is 3. The molecule has 1 amide bonds. The van der Waals surface area contributed by atoms with E-state index >= 15 is 0 Å². The normalized spacial score (nSPS) is 12.5. The largest absolute Gasteiger partial charge is 0.493 e. The lowest BCUT2D eigenvalue weighted by Gasteiger charge is -2.17. The number of alkyl carbamates (subject to hydrolysis) is 1. The van der Waals surface area contributed by atoms with Gasteiger partial charge in [0.1, 0.15) is 12.6 Å². The Labute approximate surface area is 238 Å². The first-order valence-corrected chi connectivity index (χ1v) is 13.4. The Morgan fingerprint density at radius 3 is 2.17 bits per heavy atom. The summed E-state index contributed by atoms with van der Waals surface area (Å²) in [5.74, 6) is -0.650. The Balaban J connectivity index is 1.16. The van der Waals surface area contributed by atoms with E-state index in [9.17, 15) is 19.5 Å². The second-order valence-corrected chi connectivity index (χ2v) is 9.59. The molecule has 0 bridgehead atoms. The number of methoxy groups -OCH3 is 2. The number of aliphatic carboxylic acids is 1. The van der Waals surface area contributed by atoms with E-state index in [0.29, 0.717) is 36.4 Å². The molecule has 4 rings (SSSR count). The Kier molecular flexibility index (Phi) is 10.2. The number of carboxylic acids is 1. The van der Waals surface area contributed by atoms with Crippen molar-refractivity contribution in [3.05, 3.63) is 83.4 Å². The van der Waals surface area contributed by atoms with Crippen LogP contribution in [0.4, 0.5) is 4.79 Å². The molecule has 0 aromatic heterocycles. The lowest BCUT2D eigenvalue weighted by atomic mass is 9.98. The summed E-state index contributed by atoms with van der Waals surface area (Å²) in [5, 5.41) is 12.0. The van der Waals surface area contributed by atoms with Gasteiger partial charge in [-0.1, -0.05) is 54.6 Å². The van der Waals surface area contributed by atoms with E-state index in [1.165, 1.54) is 14.2 Å². The molecular weight excluding hydrogens is 528 g/mol. The van der Waals surface area contributed by atoms with Crippen molar-refractivity contribution in [2.45, 2.75) is 37.6 Å². The summed E-state index contributed by atoms with van der Waals surface area (Å²) < 4.78 is 15.9. The van der Waals surface area contributed by atoms with Gasteiger partial charge in [0.25, 0.3) is 0 Å². The molecule has 3 aromatic carbocycles. The average Bonchev–Trinajstić information content (AvgIpc) is 3.30. The number of carboxylic acid groups (broad SMARTS) is 1. The first kappa shape index (κ1) is 29.4. The minimum atomic E-state index is -1.15.